The zero-order chi connectivity index (χ0) is 11.1. The topological polar surface area (TPSA) is 36.4 Å². The van der Waals surface area contributed by atoms with E-state index in [-0.39, 0.29) is 24.0 Å². The lowest BCUT2D eigenvalue weighted by atomic mass is 10.4. The maximum absolute atomic E-state index is 5.15. The number of aryl methyl sites for hydroxylation is 1. The third-order valence-electron chi connectivity index (χ3n) is 1.81. The van der Waals surface area contributed by atoms with E-state index >= 15 is 0 Å². The molecular weight excluding hydrogens is 333 g/mol. The molecule has 1 heterocycles. The molecule has 3 nitrogen and oxygen atoms in total. The predicted molar refractivity (Wildman–Crippen MR) is 81.5 cm³/mol. The van der Waals surface area contributed by atoms with Gasteiger partial charge >= 0.3 is 0 Å². The first-order valence-corrected chi connectivity index (χ1v) is 5.51. The molecule has 0 aliphatic carbocycles. The zero-order valence-electron chi connectivity index (χ0n) is 9.41. The highest BCUT2D eigenvalue weighted by molar-refractivity contribution is 14.0. The molecule has 0 aliphatic rings. The van der Waals surface area contributed by atoms with Crippen LogP contribution in [-0.2, 0) is 6.54 Å². The van der Waals surface area contributed by atoms with Crippen LogP contribution in [0.3, 0.4) is 0 Å². The SMILES string of the molecule is C#CCNC(=NC)NCc1ccc(C)s1.I. The van der Waals surface area contributed by atoms with Gasteiger partial charge in [-0.15, -0.1) is 41.7 Å². The van der Waals surface area contributed by atoms with E-state index < -0.39 is 0 Å². The minimum atomic E-state index is 0. The lowest BCUT2D eigenvalue weighted by molar-refractivity contribution is 0.863. The average molecular weight is 349 g/mol. The Kier molecular flexibility index (Phi) is 8.03. The fraction of sp³-hybridized carbons (Fsp3) is 0.364. The number of rotatable bonds is 3. The summed E-state index contributed by atoms with van der Waals surface area (Å²) in [5, 5.41) is 6.19. The minimum absolute atomic E-state index is 0. The summed E-state index contributed by atoms with van der Waals surface area (Å²) in [6.07, 6.45) is 5.15. The number of hydrogen-bond donors (Lipinski definition) is 2. The number of aliphatic imine (C=N–C) groups is 1. The van der Waals surface area contributed by atoms with Crippen LogP contribution < -0.4 is 10.6 Å². The Morgan fingerprint density at radius 3 is 2.75 bits per heavy atom. The minimum Gasteiger partial charge on any atom is -0.352 e. The van der Waals surface area contributed by atoms with Crippen molar-refractivity contribution in [3.63, 3.8) is 0 Å². The molecule has 0 unspecified atom stereocenters. The van der Waals surface area contributed by atoms with Gasteiger partial charge in [0.05, 0.1) is 13.1 Å². The number of nitrogens with one attached hydrogen (secondary N) is 2. The number of guanidine groups is 1. The van der Waals surface area contributed by atoms with Crippen molar-refractivity contribution in [3.05, 3.63) is 21.9 Å². The fourth-order valence-corrected chi connectivity index (χ4v) is 1.94. The van der Waals surface area contributed by atoms with E-state index in [1.165, 1.54) is 9.75 Å². The molecule has 0 spiro atoms. The lowest BCUT2D eigenvalue weighted by Crippen LogP contribution is -2.36. The molecule has 5 heteroatoms. The molecule has 1 rings (SSSR count). The summed E-state index contributed by atoms with van der Waals surface area (Å²) in [7, 11) is 1.73. The molecule has 0 saturated carbocycles. The second kappa shape index (κ2) is 8.42. The highest BCUT2D eigenvalue weighted by Crippen LogP contribution is 2.14. The Labute approximate surface area is 118 Å². The molecule has 0 bridgehead atoms. The van der Waals surface area contributed by atoms with Crippen molar-refractivity contribution in [2.45, 2.75) is 13.5 Å². The Hall–Kier alpha value is -0.740. The van der Waals surface area contributed by atoms with Crippen LogP contribution >= 0.6 is 35.3 Å². The molecule has 0 atom stereocenters. The number of thiophene rings is 1. The number of nitrogens with zero attached hydrogens (tertiary/aromatic N) is 1. The average Bonchev–Trinajstić information content (AvgIpc) is 2.65. The van der Waals surface area contributed by atoms with Crippen molar-refractivity contribution in [1.82, 2.24) is 10.6 Å². The summed E-state index contributed by atoms with van der Waals surface area (Å²) >= 11 is 1.78. The Morgan fingerprint density at radius 1 is 1.50 bits per heavy atom. The predicted octanol–water partition coefficient (Wildman–Crippen LogP) is 1.97. The number of hydrogen-bond acceptors (Lipinski definition) is 2. The summed E-state index contributed by atoms with van der Waals surface area (Å²) in [4.78, 5) is 6.66. The van der Waals surface area contributed by atoms with Crippen molar-refractivity contribution < 1.29 is 0 Å². The van der Waals surface area contributed by atoms with Crippen LogP contribution in [0, 0.1) is 19.3 Å². The Balaban J connectivity index is 0.00000225. The molecule has 0 aliphatic heterocycles. The van der Waals surface area contributed by atoms with Crippen LogP contribution in [-0.4, -0.2) is 19.6 Å². The first-order valence-electron chi connectivity index (χ1n) is 4.69. The molecule has 2 N–H and O–H groups in total. The van der Waals surface area contributed by atoms with Crippen molar-refractivity contribution in [2.75, 3.05) is 13.6 Å². The van der Waals surface area contributed by atoms with Gasteiger partial charge in [0.15, 0.2) is 5.96 Å². The Bertz CT molecular complexity index is 379. The van der Waals surface area contributed by atoms with Gasteiger partial charge in [-0.1, -0.05) is 5.92 Å². The molecular formula is C11H16IN3S. The van der Waals surface area contributed by atoms with Gasteiger partial charge in [-0.05, 0) is 19.1 Å². The summed E-state index contributed by atoms with van der Waals surface area (Å²) in [6, 6.07) is 4.22. The van der Waals surface area contributed by atoms with Crippen LogP contribution in [0.2, 0.25) is 0 Å². The van der Waals surface area contributed by atoms with E-state index in [4.69, 9.17) is 6.42 Å². The third-order valence-corrected chi connectivity index (χ3v) is 2.81. The second-order valence-corrected chi connectivity index (χ2v) is 4.37. The molecule has 0 saturated heterocycles. The molecule has 0 amide bonds. The van der Waals surface area contributed by atoms with E-state index in [1.54, 1.807) is 18.4 Å². The maximum atomic E-state index is 5.15. The first kappa shape index (κ1) is 15.3. The zero-order valence-corrected chi connectivity index (χ0v) is 12.6. The number of terminal acetylenes is 1. The third kappa shape index (κ3) is 5.37. The summed E-state index contributed by atoms with van der Waals surface area (Å²) in [5.41, 5.74) is 0. The van der Waals surface area contributed by atoms with Crippen LogP contribution in [0.1, 0.15) is 9.75 Å². The van der Waals surface area contributed by atoms with E-state index in [2.05, 4.69) is 40.6 Å². The smallest absolute Gasteiger partial charge is 0.192 e. The molecule has 16 heavy (non-hydrogen) atoms. The van der Waals surface area contributed by atoms with E-state index in [0.717, 1.165) is 12.5 Å². The van der Waals surface area contributed by atoms with Crippen LogP contribution in [0.4, 0.5) is 0 Å². The van der Waals surface area contributed by atoms with E-state index in [9.17, 15) is 0 Å². The number of halogens is 1. The Morgan fingerprint density at radius 2 is 2.25 bits per heavy atom. The normalized spacial score (nSPS) is 10.2. The van der Waals surface area contributed by atoms with E-state index in [0.29, 0.717) is 6.54 Å². The maximum Gasteiger partial charge on any atom is 0.192 e. The molecule has 1 aromatic rings. The first-order chi connectivity index (χ1) is 7.26. The largest absolute Gasteiger partial charge is 0.352 e. The molecule has 1 aromatic heterocycles. The van der Waals surface area contributed by atoms with Crippen molar-refractivity contribution in [3.8, 4) is 12.3 Å². The van der Waals surface area contributed by atoms with Crippen LogP contribution in [0.5, 0.6) is 0 Å². The molecule has 88 valence electrons. The van der Waals surface area contributed by atoms with Gasteiger partial charge in [0.2, 0.25) is 0 Å². The summed E-state index contributed by atoms with van der Waals surface area (Å²) < 4.78 is 0. The van der Waals surface area contributed by atoms with E-state index in [1.807, 2.05) is 0 Å². The van der Waals surface area contributed by atoms with Crippen molar-refractivity contribution in [1.29, 1.82) is 0 Å². The van der Waals surface area contributed by atoms with Gasteiger partial charge < -0.3 is 10.6 Å². The van der Waals surface area contributed by atoms with Gasteiger partial charge in [0, 0.05) is 16.8 Å². The standard InChI is InChI=1S/C11H15N3S.HI/c1-4-7-13-11(12-3)14-8-10-6-5-9(2)15-10;/h1,5-6H,7-8H2,2-3H3,(H2,12,13,14);1H. The van der Waals surface area contributed by atoms with Crippen LogP contribution in [0.15, 0.2) is 17.1 Å². The molecule has 0 fully saturated rings. The van der Waals surface area contributed by atoms with Gasteiger partial charge in [-0.3, -0.25) is 4.99 Å². The van der Waals surface area contributed by atoms with Crippen molar-refractivity contribution >= 4 is 41.3 Å². The summed E-state index contributed by atoms with van der Waals surface area (Å²) in [5.74, 6) is 3.24. The van der Waals surface area contributed by atoms with Gasteiger partial charge in [-0.2, -0.15) is 0 Å². The fourth-order valence-electron chi connectivity index (χ4n) is 1.11. The van der Waals surface area contributed by atoms with Gasteiger partial charge in [0.1, 0.15) is 0 Å². The highest BCUT2D eigenvalue weighted by atomic mass is 127. The second-order valence-electron chi connectivity index (χ2n) is 3.00. The molecule has 0 radical (unpaired) electrons. The van der Waals surface area contributed by atoms with Crippen molar-refractivity contribution in [2.24, 2.45) is 4.99 Å². The summed E-state index contributed by atoms with van der Waals surface area (Å²) in [6.45, 7) is 3.37. The molecule has 0 aromatic carbocycles. The lowest BCUT2D eigenvalue weighted by Gasteiger charge is -2.08. The van der Waals surface area contributed by atoms with Gasteiger partial charge in [-0.25, -0.2) is 0 Å². The quantitative estimate of drug-likeness (QED) is 0.379. The van der Waals surface area contributed by atoms with Gasteiger partial charge in [0.25, 0.3) is 0 Å². The monoisotopic (exact) mass is 349 g/mol. The van der Waals surface area contributed by atoms with Crippen LogP contribution in [0.25, 0.3) is 0 Å². The highest BCUT2D eigenvalue weighted by Gasteiger charge is 1.98.